The Labute approximate surface area is 218 Å². The van der Waals surface area contributed by atoms with E-state index in [0.29, 0.717) is 48.1 Å². The second-order valence-electron chi connectivity index (χ2n) is 9.56. The molecule has 1 atom stereocenters. The van der Waals surface area contributed by atoms with Crippen LogP contribution in [0.1, 0.15) is 43.0 Å². The molecular weight excluding hydrogens is 466 g/mol. The molecule has 6 nitrogen and oxygen atoms in total. The fourth-order valence-electron chi connectivity index (χ4n) is 4.44. The van der Waals surface area contributed by atoms with E-state index in [4.69, 9.17) is 9.47 Å². The van der Waals surface area contributed by atoms with Gasteiger partial charge in [-0.1, -0.05) is 56.3 Å². The lowest BCUT2D eigenvalue weighted by Gasteiger charge is -2.26. The summed E-state index contributed by atoms with van der Waals surface area (Å²) in [6.07, 6.45) is 1.49. The van der Waals surface area contributed by atoms with E-state index in [-0.39, 0.29) is 11.3 Å². The highest BCUT2D eigenvalue weighted by molar-refractivity contribution is 6.46. The SMILES string of the molecule is COc1ccc(/C(O)=C2\C(=O)C(=O)N(CCc3ccccc3)C2c2cccc(OCCC(C)C)c2)cc1. The number of aliphatic hydroxyl groups excluding tert-OH is 1. The Hall–Kier alpha value is -4.06. The number of hydrogen-bond acceptors (Lipinski definition) is 5. The van der Waals surface area contributed by atoms with Crippen molar-refractivity contribution in [1.82, 2.24) is 4.90 Å². The molecule has 0 saturated carbocycles. The van der Waals surface area contributed by atoms with Crippen molar-refractivity contribution in [2.24, 2.45) is 5.92 Å². The minimum Gasteiger partial charge on any atom is -0.507 e. The highest BCUT2D eigenvalue weighted by atomic mass is 16.5. The van der Waals surface area contributed by atoms with Gasteiger partial charge >= 0.3 is 0 Å². The smallest absolute Gasteiger partial charge is 0.295 e. The van der Waals surface area contributed by atoms with Crippen molar-refractivity contribution in [3.05, 3.63) is 101 Å². The van der Waals surface area contributed by atoms with Gasteiger partial charge in [0.05, 0.1) is 25.3 Å². The summed E-state index contributed by atoms with van der Waals surface area (Å²) in [5, 5.41) is 11.3. The number of likely N-dealkylation sites (tertiary alicyclic amines) is 1. The van der Waals surface area contributed by atoms with Crippen LogP contribution in [0.15, 0.2) is 84.4 Å². The summed E-state index contributed by atoms with van der Waals surface area (Å²) >= 11 is 0. The molecule has 3 aromatic carbocycles. The number of ether oxygens (including phenoxy) is 2. The first kappa shape index (κ1) is 26.0. The lowest BCUT2D eigenvalue weighted by atomic mass is 9.95. The van der Waals surface area contributed by atoms with E-state index in [2.05, 4.69) is 13.8 Å². The van der Waals surface area contributed by atoms with Gasteiger partial charge in [-0.15, -0.1) is 0 Å². The maximum Gasteiger partial charge on any atom is 0.295 e. The second-order valence-corrected chi connectivity index (χ2v) is 9.56. The van der Waals surface area contributed by atoms with Crippen molar-refractivity contribution in [2.75, 3.05) is 20.3 Å². The monoisotopic (exact) mass is 499 g/mol. The summed E-state index contributed by atoms with van der Waals surface area (Å²) in [7, 11) is 1.56. The average molecular weight is 500 g/mol. The number of carbonyl (C=O) groups excluding carboxylic acids is 2. The highest BCUT2D eigenvalue weighted by Gasteiger charge is 2.46. The van der Waals surface area contributed by atoms with E-state index in [1.165, 1.54) is 0 Å². The molecule has 1 saturated heterocycles. The van der Waals surface area contributed by atoms with E-state index in [1.807, 2.05) is 54.6 Å². The molecule has 37 heavy (non-hydrogen) atoms. The van der Waals surface area contributed by atoms with Crippen LogP contribution in [0.25, 0.3) is 5.76 Å². The van der Waals surface area contributed by atoms with Crippen LogP contribution in [0.4, 0.5) is 0 Å². The fraction of sp³-hybridized carbons (Fsp3) is 0.290. The third-order valence-electron chi connectivity index (χ3n) is 6.53. The Morgan fingerprint density at radius 1 is 0.946 bits per heavy atom. The third kappa shape index (κ3) is 6.02. The standard InChI is InChI=1S/C31H33NO5/c1-21(2)17-19-37-26-11-7-10-24(20-26)28-27(29(33)23-12-14-25(36-3)15-13-23)30(34)31(35)32(28)18-16-22-8-5-4-6-9-22/h4-15,20-21,28,33H,16-19H2,1-3H3/b29-27+. The number of hydrogen-bond donors (Lipinski definition) is 1. The van der Waals surface area contributed by atoms with Crippen LogP contribution in [0.3, 0.4) is 0 Å². The first-order valence-corrected chi connectivity index (χ1v) is 12.6. The number of ketones is 1. The molecule has 0 aromatic heterocycles. The normalized spacial score (nSPS) is 16.9. The van der Waals surface area contributed by atoms with Gasteiger partial charge in [-0.25, -0.2) is 0 Å². The highest BCUT2D eigenvalue weighted by Crippen LogP contribution is 2.40. The number of nitrogens with zero attached hydrogens (tertiary/aromatic N) is 1. The number of Topliss-reactive ketones (excluding diaryl/α,β-unsaturated/α-hetero) is 1. The Morgan fingerprint density at radius 3 is 2.35 bits per heavy atom. The molecule has 0 spiro atoms. The van der Waals surface area contributed by atoms with Gasteiger partial charge < -0.3 is 19.5 Å². The molecule has 0 radical (unpaired) electrons. The van der Waals surface area contributed by atoms with Gasteiger partial charge in [0.2, 0.25) is 0 Å². The van der Waals surface area contributed by atoms with E-state index < -0.39 is 17.7 Å². The lowest BCUT2D eigenvalue weighted by Crippen LogP contribution is -2.31. The topological polar surface area (TPSA) is 76.1 Å². The first-order chi connectivity index (χ1) is 17.9. The molecule has 0 aliphatic carbocycles. The summed E-state index contributed by atoms with van der Waals surface area (Å²) in [5.74, 6) is 0.274. The predicted molar refractivity (Wildman–Crippen MR) is 144 cm³/mol. The molecule has 1 fully saturated rings. The minimum absolute atomic E-state index is 0.0718. The lowest BCUT2D eigenvalue weighted by molar-refractivity contribution is -0.139. The predicted octanol–water partition coefficient (Wildman–Crippen LogP) is 5.78. The summed E-state index contributed by atoms with van der Waals surface area (Å²) in [6.45, 7) is 5.18. The molecule has 1 amide bonds. The average Bonchev–Trinajstić information content (AvgIpc) is 3.17. The van der Waals surface area contributed by atoms with E-state index in [0.717, 1.165) is 12.0 Å². The van der Waals surface area contributed by atoms with Crippen molar-refractivity contribution in [3.8, 4) is 11.5 Å². The maximum atomic E-state index is 13.3. The van der Waals surface area contributed by atoms with Gasteiger partial charge in [-0.05, 0) is 66.3 Å². The first-order valence-electron chi connectivity index (χ1n) is 12.6. The largest absolute Gasteiger partial charge is 0.507 e. The number of aliphatic hydroxyl groups is 1. The zero-order chi connectivity index (χ0) is 26.4. The summed E-state index contributed by atoms with van der Waals surface area (Å²) in [6, 6.07) is 23.3. The molecule has 192 valence electrons. The number of methoxy groups -OCH3 is 1. The molecule has 3 aromatic rings. The zero-order valence-electron chi connectivity index (χ0n) is 21.5. The van der Waals surface area contributed by atoms with Gasteiger partial charge in [0.15, 0.2) is 0 Å². The summed E-state index contributed by atoms with van der Waals surface area (Å²) in [4.78, 5) is 28.1. The van der Waals surface area contributed by atoms with E-state index in [9.17, 15) is 14.7 Å². The Morgan fingerprint density at radius 2 is 1.68 bits per heavy atom. The minimum atomic E-state index is -0.737. The number of carbonyl (C=O) groups is 2. The van der Waals surface area contributed by atoms with Gasteiger partial charge in [0.25, 0.3) is 11.7 Å². The van der Waals surface area contributed by atoms with Crippen LogP contribution >= 0.6 is 0 Å². The van der Waals surface area contributed by atoms with Gasteiger partial charge in [-0.3, -0.25) is 9.59 Å². The molecule has 1 unspecified atom stereocenters. The van der Waals surface area contributed by atoms with Crippen molar-refractivity contribution in [3.63, 3.8) is 0 Å². The van der Waals surface area contributed by atoms with Crippen LogP contribution in [0.5, 0.6) is 11.5 Å². The zero-order valence-corrected chi connectivity index (χ0v) is 21.5. The van der Waals surface area contributed by atoms with Gasteiger partial charge in [0.1, 0.15) is 17.3 Å². The maximum absolute atomic E-state index is 13.3. The molecule has 4 rings (SSSR count). The number of amides is 1. The van der Waals surface area contributed by atoms with Gasteiger partial charge in [-0.2, -0.15) is 0 Å². The van der Waals surface area contributed by atoms with Gasteiger partial charge in [0, 0.05) is 12.1 Å². The molecular formula is C31H33NO5. The Balaban J connectivity index is 1.73. The molecule has 1 heterocycles. The molecule has 0 bridgehead atoms. The molecule has 6 heteroatoms. The van der Waals surface area contributed by atoms with Crippen molar-refractivity contribution in [1.29, 1.82) is 0 Å². The van der Waals surface area contributed by atoms with E-state index in [1.54, 1.807) is 36.3 Å². The molecule has 1 aliphatic heterocycles. The summed E-state index contributed by atoms with van der Waals surface area (Å²) < 4.78 is 11.2. The Bertz CT molecular complexity index is 1260. The summed E-state index contributed by atoms with van der Waals surface area (Å²) in [5.41, 5.74) is 2.28. The second kappa shape index (κ2) is 11.8. The van der Waals surface area contributed by atoms with Crippen molar-refractivity contribution >= 4 is 17.4 Å². The van der Waals surface area contributed by atoms with Crippen molar-refractivity contribution in [2.45, 2.75) is 32.7 Å². The fourth-order valence-corrected chi connectivity index (χ4v) is 4.44. The molecule has 1 N–H and O–H groups in total. The van der Waals surface area contributed by atoms with E-state index >= 15 is 0 Å². The molecule has 1 aliphatic rings. The van der Waals surface area contributed by atoms with Crippen molar-refractivity contribution < 1.29 is 24.2 Å². The number of benzene rings is 3. The number of rotatable bonds is 10. The van der Waals surface area contributed by atoms with Crippen LogP contribution in [0, 0.1) is 5.92 Å². The van der Waals surface area contributed by atoms with Crippen LogP contribution < -0.4 is 9.47 Å². The van der Waals surface area contributed by atoms with Crippen LogP contribution in [-0.2, 0) is 16.0 Å². The van der Waals surface area contributed by atoms with Crippen LogP contribution in [-0.4, -0.2) is 42.0 Å². The quantitative estimate of drug-likeness (QED) is 0.217. The van der Waals surface area contributed by atoms with Crippen LogP contribution in [0.2, 0.25) is 0 Å². The Kier molecular flexibility index (Phi) is 8.29. The third-order valence-corrected chi connectivity index (χ3v) is 6.53.